The summed E-state index contributed by atoms with van der Waals surface area (Å²) >= 11 is 0. The number of carbonyl (C=O) groups is 2. The van der Waals surface area contributed by atoms with Crippen LogP contribution in [-0.2, 0) is 0 Å². The standard InChI is InChI=1S/C22H30N4O3/c1-15-18(21(28)23-2)11-8-12-19(15)25-22(29)24-13-17(14-26(3)4)20(27)16-9-6-5-7-10-16/h5-12,17,20,27H,13-14H2,1-4H3,(H,23,28)(H2,24,25,29)/t17-,20+/m0/s1. The van der Waals surface area contributed by atoms with E-state index < -0.39 is 6.10 Å². The lowest BCUT2D eigenvalue weighted by Gasteiger charge is -2.26. The van der Waals surface area contributed by atoms with Crippen LogP contribution in [0.15, 0.2) is 48.5 Å². The normalized spacial score (nSPS) is 12.9. The Labute approximate surface area is 172 Å². The number of aliphatic hydroxyl groups is 1. The highest BCUT2D eigenvalue weighted by Gasteiger charge is 2.22. The maximum atomic E-state index is 12.4. The predicted molar refractivity (Wildman–Crippen MR) is 115 cm³/mol. The fourth-order valence-electron chi connectivity index (χ4n) is 3.21. The Morgan fingerprint density at radius 3 is 2.38 bits per heavy atom. The first-order valence-corrected chi connectivity index (χ1v) is 9.57. The molecule has 0 unspecified atom stereocenters. The molecule has 2 aromatic carbocycles. The predicted octanol–water partition coefficient (Wildman–Crippen LogP) is 2.39. The molecule has 0 radical (unpaired) electrons. The number of hydrogen-bond donors (Lipinski definition) is 4. The summed E-state index contributed by atoms with van der Waals surface area (Å²) in [6.45, 7) is 2.70. The zero-order valence-corrected chi connectivity index (χ0v) is 17.4. The molecule has 3 amide bonds. The lowest BCUT2D eigenvalue weighted by molar-refractivity contribution is 0.0911. The van der Waals surface area contributed by atoms with E-state index in [1.165, 1.54) is 0 Å². The highest BCUT2D eigenvalue weighted by atomic mass is 16.3. The zero-order chi connectivity index (χ0) is 21.4. The van der Waals surface area contributed by atoms with Crippen molar-refractivity contribution >= 4 is 17.6 Å². The van der Waals surface area contributed by atoms with Crippen molar-refractivity contribution in [3.05, 3.63) is 65.2 Å². The second kappa shape index (κ2) is 10.6. The molecule has 0 bridgehead atoms. The highest BCUT2D eigenvalue weighted by molar-refractivity contribution is 5.98. The first kappa shape index (κ1) is 22.4. The number of carbonyl (C=O) groups excluding carboxylic acids is 2. The molecule has 7 heteroatoms. The number of anilines is 1. The lowest BCUT2D eigenvalue weighted by atomic mass is 9.95. The van der Waals surface area contributed by atoms with E-state index in [0.717, 1.165) is 5.56 Å². The van der Waals surface area contributed by atoms with E-state index in [-0.39, 0.29) is 17.9 Å². The molecule has 7 nitrogen and oxygen atoms in total. The van der Waals surface area contributed by atoms with Crippen molar-refractivity contribution in [1.29, 1.82) is 0 Å². The number of urea groups is 1. The van der Waals surface area contributed by atoms with Gasteiger partial charge < -0.3 is 26.0 Å². The third kappa shape index (κ3) is 6.30. The number of nitrogens with zero attached hydrogens (tertiary/aromatic N) is 1. The second-order valence-corrected chi connectivity index (χ2v) is 7.27. The Hall–Kier alpha value is -2.90. The number of benzene rings is 2. The summed E-state index contributed by atoms with van der Waals surface area (Å²) in [5.41, 5.74) is 2.58. The summed E-state index contributed by atoms with van der Waals surface area (Å²) in [5, 5.41) is 19.0. The molecule has 0 aliphatic heterocycles. The average molecular weight is 399 g/mol. The maximum absolute atomic E-state index is 12.4. The van der Waals surface area contributed by atoms with Gasteiger partial charge in [-0.1, -0.05) is 36.4 Å². The third-order valence-electron chi connectivity index (χ3n) is 4.77. The van der Waals surface area contributed by atoms with Crippen LogP contribution in [0.2, 0.25) is 0 Å². The number of aliphatic hydroxyl groups excluding tert-OH is 1. The molecule has 4 N–H and O–H groups in total. The maximum Gasteiger partial charge on any atom is 0.319 e. The summed E-state index contributed by atoms with van der Waals surface area (Å²) in [6, 6.07) is 14.2. The van der Waals surface area contributed by atoms with Gasteiger partial charge in [0.05, 0.1) is 6.10 Å². The third-order valence-corrected chi connectivity index (χ3v) is 4.77. The van der Waals surface area contributed by atoms with Gasteiger partial charge in [-0.2, -0.15) is 0 Å². The van der Waals surface area contributed by atoms with Gasteiger partial charge in [-0.25, -0.2) is 4.79 Å². The summed E-state index contributed by atoms with van der Waals surface area (Å²) in [5.74, 6) is -0.389. The number of amides is 3. The number of hydrogen-bond acceptors (Lipinski definition) is 4. The van der Waals surface area contributed by atoms with Gasteiger partial charge in [-0.15, -0.1) is 0 Å². The van der Waals surface area contributed by atoms with Crippen LogP contribution < -0.4 is 16.0 Å². The lowest BCUT2D eigenvalue weighted by Crippen LogP contribution is -2.39. The van der Waals surface area contributed by atoms with E-state index in [9.17, 15) is 14.7 Å². The van der Waals surface area contributed by atoms with Gasteiger partial charge in [0.15, 0.2) is 0 Å². The van der Waals surface area contributed by atoms with Crippen molar-refractivity contribution in [2.24, 2.45) is 5.92 Å². The summed E-state index contributed by atoms with van der Waals surface area (Å²) in [7, 11) is 5.42. The molecule has 0 heterocycles. The van der Waals surface area contributed by atoms with Crippen molar-refractivity contribution in [2.45, 2.75) is 13.0 Å². The molecule has 2 aromatic rings. The minimum absolute atomic E-state index is 0.184. The second-order valence-electron chi connectivity index (χ2n) is 7.27. The molecule has 0 saturated heterocycles. The molecule has 0 saturated carbocycles. The first-order chi connectivity index (χ1) is 13.8. The van der Waals surface area contributed by atoms with E-state index in [0.29, 0.717) is 29.9 Å². The van der Waals surface area contributed by atoms with Crippen LogP contribution >= 0.6 is 0 Å². The van der Waals surface area contributed by atoms with Crippen LogP contribution in [0.5, 0.6) is 0 Å². The average Bonchev–Trinajstić information content (AvgIpc) is 2.72. The van der Waals surface area contributed by atoms with Crippen molar-refractivity contribution in [3.63, 3.8) is 0 Å². The number of nitrogens with one attached hydrogen (secondary N) is 3. The van der Waals surface area contributed by atoms with E-state index >= 15 is 0 Å². The van der Waals surface area contributed by atoms with Gasteiger partial charge in [0, 0.05) is 37.3 Å². The van der Waals surface area contributed by atoms with Crippen molar-refractivity contribution < 1.29 is 14.7 Å². The molecular formula is C22H30N4O3. The topological polar surface area (TPSA) is 93.7 Å². The van der Waals surface area contributed by atoms with Gasteiger partial charge in [-0.3, -0.25) is 4.79 Å². The van der Waals surface area contributed by atoms with E-state index in [4.69, 9.17) is 0 Å². The SMILES string of the molecule is CNC(=O)c1cccc(NC(=O)NC[C@@H](CN(C)C)[C@H](O)c2ccccc2)c1C. The summed E-state index contributed by atoms with van der Waals surface area (Å²) in [6.07, 6.45) is -0.697. The largest absolute Gasteiger partial charge is 0.388 e. The quantitative estimate of drug-likeness (QED) is 0.549. The summed E-state index contributed by atoms with van der Waals surface area (Å²) in [4.78, 5) is 26.4. The van der Waals surface area contributed by atoms with Crippen molar-refractivity contribution in [2.75, 3.05) is 39.5 Å². The molecule has 0 aliphatic rings. The van der Waals surface area contributed by atoms with Gasteiger partial charge in [0.2, 0.25) is 0 Å². The van der Waals surface area contributed by atoms with Gasteiger partial charge >= 0.3 is 6.03 Å². The Balaban J connectivity index is 2.04. The molecule has 2 rings (SSSR count). The first-order valence-electron chi connectivity index (χ1n) is 9.57. The van der Waals surface area contributed by atoms with Crippen LogP contribution in [0.4, 0.5) is 10.5 Å². The van der Waals surface area contributed by atoms with Crippen molar-refractivity contribution in [3.8, 4) is 0 Å². The highest BCUT2D eigenvalue weighted by Crippen LogP contribution is 2.22. The fourth-order valence-corrected chi connectivity index (χ4v) is 3.21. The monoisotopic (exact) mass is 398 g/mol. The molecule has 156 valence electrons. The molecule has 0 spiro atoms. The van der Waals surface area contributed by atoms with Crippen LogP contribution in [0, 0.1) is 12.8 Å². The molecule has 0 aliphatic carbocycles. The van der Waals surface area contributed by atoms with Gasteiger partial charge in [-0.05, 0) is 44.3 Å². The molecule has 29 heavy (non-hydrogen) atoms. The Bertz CT molecular complexity index is 824. The van der Waals surface area contributed by atoms with E-state index in [1.807, 2.05) is 49.3 Å². The van der Waals surface area contributed by atoms with Crippen LogP contribution in [0.1, 0.15) is 27.6 Å². The van der Waals surface area contributed by atoms with E-state index in [1.54, 1.807) is 32.2 Å². The van der Waals surface area contributed by atoms with Crippen molar-refractivity contribution in [1.82, 2.24) is 15.5 Å². The minimum Gasteiger partial charge on any atom is -0.388 e. The smallest absolute Gasteiger partial charge is 0.319 e. The summed E-state index contributed by atoms with van der Waals surface area (Å²) < 4.78 is 0. The van der Waals surface area contributed by atoms with Crippen LogP contribution in [-0.4, -0.2) is 56.2 Å². The molecule has 0 aromatic heterocycles. The molecule has 2 atom stereocenters. The Morgan fingerprint density at radius 2 is 1.76 bits per heavy atom. The van der Waals surface area contributed by atoms with E-state index in [2.05, 4.69) is 16.0 Å². The van der Waals surface area contributed by atoms with Gasteiger partial charge in [0.1, 0.15) is 0 Å². The molecular weight excluding hydrogens is 368 g/mol. The number of rotatable bonds is 8. The molecule has 0 fully saturated rings. The van der Waals surface area contributed by atoms with Crippen LogP contribution in [0.25, 0.3) is 0 Å². The zero-order valence-electron chi connectivity index (χ0n) is 17.4. The fraction of sp³-hybridized carbons (Fsp3) is 0.364. The minimum atomic E-state index is -0.697. The van der Waals surface area contributed by atoms with Gasteiger partial charge in [0.25, 0.3) is 5.91 Å². The Kier molecular flexibility index (Phi) is 8.18. The van der Waals surface area contributed by atoms with Crippen LogP contribution in [0.3, 0.4) is 0 Å². The Morgan fingerprint density at radius 1 is 1.07 bits per heavy atom.